The fourth-order valence-electron chi connectivity index (χ4n) is 3.54. The van der Waals surface area contributed by atoms with Crippen molar-refractivity contribution in [2.24, 2.45) is 0 Å². The van der Waals surface area contributed by atoms with Gasteiger partial charge in [-0.25, -0.2) is 4.90 Å². The molecule has 2 aromatic rings. The van der Waals surface area contributed by atoms with E-state index in [1.807, 2.05) is 67.5 Å². The number of benzene rings is 2. The molecule has 1 saturated heterocycles. The largest absolute Gasteiger partial charge is 0.378 e. The second-order valence-corrected chi connectivity index (χ2v) is 8.01. The molecule has 0 spiro atoms. The average Bonchev–Trinajstić information content (AvgIpc) is 3.06. The number of hydrogen-bond acceptors (Lipinski definition) is 4. The Labute approximate surface area is 189 Å². The van der Waals surface area contributed by atoms with Crippen LogP contribution < -0.4 is 15.1 Å². The first kappa shape index (κ1) is 22.5. The van der Waals surface area contributed by atoms with Crippen molar-refractivity contribution < 1.29 is 9.59 Å². The number of imide groups is 1. The highest BCUT2D eigenvalue weighted by Gasteiger charge is 2.43. The molecule has 0 bridgehead atoms. The molecule has 1 atom stereocenters. The van der Waals surface area contributed by atoms with Crippen LogP contribution in [0.4, 0.5) is 17.1 Å². The molecule has 0 aliphatic carbocycles. The zero-order chi connectivity index (χ0) is 22.5. The van der Waals surface area contributed by atoms with Crippen molar-refractivity contribution in [3.05, 3.63) is 66.7 Å². The fraction of sp³-hybridized carbons (Fsp3) is 0.292. The number of rotatable bonds is 7. The summed E-state index contributed by atoms with van der Waals surface area (Å²) in [4.78, 5) is 30.9. The predicted octanol–water partition coefficient (Wildman–Crippen LogP) is 3.83. The van der Waals surface area contributed by atoms with Gasteiger partial charge < -0.3 is 15.1 Å². The summed E-state index contributed by atoms with van der Waals surface area (Å²) < 4.78 is 0. The minimum absolute atomic E-state index is 0.0730. The third-order valence-corrected chi connectivity index (χ3v) is 5.66. The average molecular weight is 437 g/mol. The Bertz CT molecular complexity index is 970. The Morgan fingerprint density at radius 2 is 1.81 bits per heavy atom. The summed E-state index contributed by atoms with van der Waals surface area (Å²) in [5.41, 5.74) is 3.62. The Hall–Kier alpha value is -3.19. The van der Waals surface area contributed by atoms with Crippen molar-refractivity contribution in [2.45, 2.75) is 25.8 Å². The molecule has 1 N–H and O–H groups in total. The Morgan fingerprint density at radius 3 is 2.35 bits per heavy atom. The number of thiocarbonyl (C=S) groups is 1. The lowest BCUT2D eigenvalue weighted by molar-refractivity contribution is -0.122. The molecule has 1 aliphatic heterocycles. The highest BCUT2D eigenvalue weighted by molar-refractivity contribution is 7.80. The van der Waals surface area contributed by atoms with Gasteiger partial charge in [0.1, 0.15) is 6.04 Å². The minimum Gasteiger partial charge on any atom is -0.378 e. The summed E-state index contributed by atoms with van der Waals surface area (Å²) >= 11 is 5.60. The van der Waals surface area contributed by atoms with Gasteiger partial charge in [-0.05, 0) is 60.6 Å². The van der Waals surface area contributed by atoms with E-state index in [9.17, 15) is 9.59 Å². The van der Waals surface area contributed by atoms with E-state index in [1.165, 1.54) is 4.90 Å². The lowest BCUT2D eigenvalue weighted by Gasteiger charge is -2.29. The van der Waals surface area contributed by atoms with Gasteiger partial charge in [0.05, 0.1) is 12.1 Å². The first-order valence-corrected chi connectivity index (χ1v) is 10.7. The highest BCUT2D eigenvalue weighted by Crippen LogP contribution is 2.27. The molecule has 1 fully saturated rings. The molecule has 2 amide bonds. The lowest BCUT2D eigenvalue weighted by atomic mass is 10.1. The van der Waals surface area contributed by atoms with Crippen LogP contribution in [0.15, 0.2) is 61.2 Å². The van der Waals surface area contributed by atoms with Gasteiger partial charge in [-0.2, -0.15) is 0 Å². The molecule has 0 unspecified atom stereocenters. The molecular weight excluding hydrogens is 408 g/mol. The predicted molar refractivity (Wildman–Crippen MR) is 131 cm³/mol. The molecule has 31 heavy (non-hydrogen) atoms. The van der Waals surface area contributed by atoms with Crippen LogP contribution >= 0.6 is 12.2 Å². The van der Waals surface area contributed by atoms with E-state index >= 15 is 0 Å². The third kappa shape index (κ3) is 4.94. The quantitative estimate of drug-likeness (QED) is 0.404. The van der Waals surface area contributed by atoms with E-state index in [1.54, 1.807) is 11.0 Å². The summed E-state index contributed by atoms with van der Waals surface area (Å²) in [6.45, 7) is 6.21. The number of amides is 2. The van der Waals surface area contributed by atoms with Crippen LogP contribution in [0, 0.1) is 0 Å². The van der Waals surface area contributed by atoms with Gasteiger partial charge in [-0.1, -0.05) is 25.1 Å². The van der Waals surface area contributed by atoms with Crippen molar-refractivity contribution in [3.8, 4) is 0 Å². The number of nitrogens with zero attached hydrogens (tertiary/aromatic N) is 3. The van der Waals surface area contributed by atoms with Crippen LogP contribution in [-0.4, -0.2) is 48.5 Å². The van der Waals surface area contributed by atoms with Crippen LogP contribution in [0.1, 0.15) is 18.9 Å². The second-order valence-electron chi connectivity index (χ2n) is 7.62. The van der Waals surface area contributed by atoms with Gasteiger partial charge in [-0.3, -0.25) is 9.59 Å². The van der Waals surface area contributed by atoms with E-state index < -0.39 is 6.04 Å². The molecule has 2 aromatic carbocycles. The van der Waals surface area contributed by atoms with Gasteiger partial charge in [-0.15, -0.1) is 6.58 Å². The molecule has 162 valence electrons. The Balaban J connectivity index is 1.78. The summed E-state index contributed by atoms with van der Waals surface area (Å²) in [5, 5.41) is 3.57. The van der Waals surface area contributed by atoms with E-state index in [-0.39, 0.29) is 18.2 Å². The van der Waals surface area contributed by atoms with Crippen LogP contribution in [0.25, 0.3) is 0 Å². The monoisotopic (exact) mass is 436 g/mol. The number of hydrogen-bond donors (Lipinski definition) is 1. The molecule has 1 aliphatic rings. The number of aryl methyl sites for hydroxylation is 1. The van der Waals surface area contributed by atoms with Crippen LogP contribution in [0.5, 0.6) is 0 Å². The zero-order valence-corrected chi connectivity index (χ0v) is 19.0. The maximum Gasteiger partial charge on any atom is 0.257 e. The van der Waals surface area contributed by atoms with E-state index in [4.69, 9.17) is 12.2 Å². The van der Waals surface area contributed by atoms with Crippen molar-refractivity contribution in [1.29, 1.82) is 0 Å². The van der Waals surface area contributed by atoms with E-state index in [2.05, 4.69) is 18.8 Å². The maximum absolute atomic E-state index is 13.2. The second kappa shape index (κ2) is 9.75. The SMILES string of the molecule is C=CCN(C(=S)Nc1ccc(N(C)C)cc1)[C@@H]1CC(=O)N(c2ccc(CC)cc2)C1=O. The van der Waals surface area contributed by atoms with Crippen LogP contribution in [-0.2, 0) is 16.0 Å². The number of carbonyl (C=O) groups excluding carboxylic acids is 2. The molecule has 0 radical (unpaired) electrons. The molecule has 3 rings (SSSR count). The normalized spacial score (nSPS) is 15.7. The van der Waals surface area contributed by atoms with Gasteiger partial charge in [0.25, 0.3) is 5.91 Å². The lowest BCUT2D eigenvalue weighted by Crippen LogP contribution is -2.47. The maximum atomic E-state index is 13.2. The summed E-state index contributed by atoms with van der Waals surface area (Å²) in [6.07, 6.45) is 2.65. The molecular formula is C24H28N4O2S. The van der Waals surface area contributed by atoms with Crippen molar-refractivity contribution >= 4 is 46.2 Å². The summed E-state index contributed by atoms with van der Waals surface area (Å²) in [7, 11) is 3.95. The van der Waals surface area contributed by atoms with Crippen molar-refractivity contribution in [1.82, 2.24) is 4.90 Å². The van der Waals surface area contributed by atoms with Crippen molar-refractivity contribution in [3.63, 3.8) is 0 Å². The summed E-state index contributed by atoms with van der Waals surface area (Å²) in [5.74, 6) is -0.505. The standard InChI is InChI=1S/C24H28N4O2S/c1-5-15-27(24(31)25-18-9-13-19(14-10-18)26(3)4)21-16-22(29)28(23(21)30)20-11-7-17(6-2)8-12-20/h5,7-14,21H,1,6,15-16H2,2-4H3,(H,25,31)/t21-/m1/s1. The molecule has 1 heterocycles. The minimum atomic E-state index is -0.669. The first-order valence-electron chi connectivity index (χ1n) is 10.3. The van der Waals surface area contributed by atoms with Crippen LogP contribution in [0.2, 0.25) is 0 Å². The van der Waals surface area contributed by atoms with E-state index in [0.717, 1.165) is 23.4 Å². The smallest absolute Gasteiger partial charge is 0.257 e. The topological polar surface area (TPSA) is 55.9 Å². The highest BCUT2D eigenvalue weighted by atomic mass is 32.1. The Morgan fingerprint density at radius 1 is 1.16 bits per heavy atom. The van der Waals surface area contributed by atoms with E-state index in [0.29, 0.717) is 17.3 Å². The molecule has 7 heteroatoms. The van der Waals surface area contributed by atoms with Crippen molar-refractivity contribution in [2.75, 3.05) is 35.8 Å². The fourth-order valence-corrected chi connectivity index (χ4v) is 3.86. The van der Waals surface area contributed by atoms with Gasteiger partial charge in [0.2, 0.25) is 5.91 Å². The number of nitrogens with one attached hydrogen (secondary N) is 1. The van der Waals surface area contributed by atoms with Gasteiger partial charge in [0.15, 0.2) is 5.11 Å². The first-order chi connectivity index (χ1) is 14.8. The third-order valence-electron chi connectivity index (χ3n) is 5.32. The molecule has 6 nitrogen and oxygen atoms in total. The summed E-state index contributed by atoms with van der Waals surface area (Å²) in [6, 6.07) is 14.7. The molecule has 0 saturated carbocycles. The molecule has 0 aromatic heterocycles. The zero-order valence-electron chi connectivity index (χ0n) is 18.2. The van der Waals surface area contributed by atoms with Crippen LogP contribution in [0.3, 0.4) is 0 Å². The number of anilines is 3. The Kier molecular flexibility index (Phi) is 7.07. The van der Waals surface area contributed by atoms with Gasteiger partial charge in [0, 0.05) is 32.0 Å². The van der Waals surface area contributed by atoms with Gasteiger partial charge >= 0.3 is 0 Å². The number of carbonyl (C=O) groups is 2.